The Hall–Kier alpha value is 1.17. The SMILES string of the molecule is C[Si](C)(C)O[Si](C)(C)CC1=[C-]CC=C1.[Cl-].[Cl-].[Ti+3]. The van der Waals surface area contributed by atoms with Gasteiger partial charge in [0.2, 0.25) is 0 Å². The number of allylic oxidation sites excluding steroid dienone is 4. The maximum Gasteiger partial charge on any atom is 3.00 e. The first kappa shape index (κ1) is 23.3. The van der Waals surface area contributed by atoms with Crippen molar-refractivity contribution in [2.24, 2.45) is 0 Å². The van der Waals surface area contributed by atoms with Crippen molar-refractivity contribution in [3.63, 3.8) is 0 Å². The van der Waals surface area contributed by atoms with Crippen molar-refractivity contribution in [1.82, 2.24) is 0 Å². The average Bonchev–Trinajstić information content (AvgIpc) is 2.31. The van der Waals surface area contributed by atoms with Crippen molar-refractivity contribution in [1.29, 1.82) is 0 Å². The van der Waals surface area contributed by atoms with Gasteiger partial charge in [-0.05, 0) is 38.8 Å². The molecule has 6 heteroatoms. The minimum atomic E-state index is -1.49. The summed E-state index contributed by atoms with van der Waals surface area (Å²) in [5.74, 6) is 0. The molecule has 0 aromatic heterocycles. The Kier molecular flexibility index (Phi) is 12.5. The van der Waals surface area contributed by atoms with Crippen LogP contribution in [-0.4, -0.2) is 16.6 Å². The van der Waals surface area contributed by atoms with E-state index in [0.29, 0.717) is 0 Å². The van der Waals surface area contributed by atoms with Crippen LogP contribution in [0.15, 0.2) is 17.7 Å². The van der Waals surface area contributed by atoms with Gasteiger partial charge >= 0.3 is 21.7 Å². The van der Waals surface area contributed by atoms with Crippen LogP contribution in [0.25, 0.3) is 0 Å². The van der Waals surface area contributed by atoms with Gasteiger partial charge in [0, 0.05) is 0 Å². The second kappa shape index (κ2) is 9.13. The zero-order chi connectivity index (χ0) is 10.8. The van der Waals surface area contributed by atoms with Gasteiger partial charge in [0.15, 0.2) is 16.6 Å². The van der Waals surface area contributed by atoms with Crippen LogP contribution in [0.1, 0.15) is 6.42 Å². The summed E-state index contributed by atoms with van der Waals surface area (Å²) in [6.07, 6.45) is 8.74. The Morgan fingerprint density at radius 1 is 1.18 bits per heavy atom. The summed E-state index contributed by atoms with van der Waals surface area (Å²) < 4.78 is 6.27. The van der Waals surface area contributed by atoms with Gasteiger partial charge in [-0.2, -0.15) is 6.08 Å². The molecule has 0 saturated heterocycles. The maximum absolute atomic E-state index is 6.27. The third-order valence-corrected chi connectivity index (χ3v) is 7.86. The topological polar surface area (TPSA) is 9.23 Å². The molecule has 1 rings (SSSR count). The van der Waals surface area contributed by atoms with Crippen molar-refractivity contribution in [2.45, 2.75) is 45.2 Å². The molecule has 0 saturated carbocycles. The zero-order valence-electron chi connectivity index (χ0n) is 11.2. The molecular weight excluding hydrogens is 323 g/mol. The van der Waals surface area contributed by atoms with Crippen LogP contribution in [0.4, 0.5) is 0 Å². The summed E-state index contributed by atoms with van der Waals surface area (Å²) in [7, 11) is -2.86. The Morgan fingerprint density at radius 2 is 1.71 bits per heavy atom. The molecule has 0 heterocycles. The van der Waals surface area contributed by atoms with Crippen LogP contribution in [0.2, 0.25) is 38.8 Å². The summed E-state index contributed by atoms with van der Waals surface area (Å²) in [4.78, 5) is 0. The van der Waals surface area contributed by atoms with E-state index in [1.165, 1.54) is 5.57 Å². The molecule has 0 aromatic rings. The molecule has 0 aromatic carbocycles. The van der Waals surface area contributed by atoms with E-state index in [-0.39, 0.29) is 46.5 Å². The third-order valence-electron chi connectivity index (χ3n) is 1.96. The summed E-state index contributed by atoms with van der Waals surface area (Å²) in [6, 6.07) is 1.12. The molecule has 0 atom stereocenters. The molecule has 1 nitrogen and oxygen atoms in total. The standard InChI is InChI=1S/C11H21OSi2.2ClH.Ti/c1-13(2,3)12-14(4,5)10-11-8-6-7-9-11;;;/h6,8H,7,10H2,1-5H3;2*1H;/q-1;;;+3/p-2. The van der Waals surface area contributed by atoms with Crippen LogP contribution < -0.4 is 24.8 Å². The molecule has 1 aliphatic carbocycles. The van der Waals surface area contributed by atoms with Gasteiger partial charge in [0.25, 0.3) is 0 Å². The second-order valence-corrected chi connectivity index (χ2v) is 14.4. The Bertz CT molecular complexity index is 273. The molecule has 0 spiro atoms. The second-order valence-electron chi connectivity index (χ2n) is 5.46. The van der Waals surface area contributed by atoms with Crippen LogP contribution >= 0.6 is 0 Å². The molecular formula is C11H21Cl2OSi2Ti. The smallest absolute Gasteiger partial charge is 1.00 e. The Morgan fingerprint density at radius 3 is 2.06 bits per heavy atom. The summed E-state index contributed by atoms with van der Waals surface area (Å²) >= 11 is 0. The summed E-state index contributed by atoms with van der Waals surface area (Å²) in [6.45, 7) is 11.4. The summed E-state index contributed by atoms with van der Waals surface area (Å²) in [5, 5.41) is 0. The molecule has 0 unspecified atom stereocenters. The number of rotatable bonds is 4. The van der Waals surface area contributed by atoms with Gasteiger partial charge in [0.05, 0.1) is 0 Å². The fourth-order valence-corrected chi connectivity index (χ4v) is 9.98. The van der Waals surface area contributed by atoms with Crippen molar-refractivity contribution < 1.29 is 50.6 Å². The quantitative estimate of drug-likeness (QED) is 0.413. The average molecular weight is 344 g/mol. The van der Waals surface area contributed by atoms with Gasteiger partial charge in [-0.3, -0.25) is 6.08 Å². The van der Waals surface area contributed by atoms with Crippen molar-refractivity contribution in [3.8, 4) is 0 Å². The van der Waals surface area contributed by atoms with Crippen LogP contribution in [0.3, 0.4) is 0 Å². The first-order valence-corrected chi connectivity index (χ1v) is 11.8. The number of hydrogen-bond donors (Lipinski definition) is 0. The molecule has 1 radical (unpaired) electrons. The first-order valence-electron chi connectivity index (χ1n) is 5.25. The predicted octanol–water partition coefficient (Wildman–Crippen LogP) is -2.26. The molecule has 0 amide bonds. The zero-order valence-corrected chi connectivity index (χ0v) is 16.3. The van der Waals surface area contributed by atoms with Gasteiger partial charge < -0.3 is 28.9 Å². The number of halogens is 2. The van der Waals surface area contributed by atoms with Gasteiger partial charge in [-0.25, -0.2) is 11.6 Å². The van der Waals surface area contributed by atoms with E-state index in [0.717, 1.165) is 12.5 Å². The van der Waals surface area contributed by atoms with E-state index in [1.807, 2.05) is 0 Å². The fraction of sp³-hybridized carbons (Fsp3) is 0.636. The van der Waals surface area contributed by atoms with E-state index in [1.54, 1.807) is 0 Å². The molecule has 1 aliphatic rings. The predicted molar refractivity (Wildman–Crippen MR) is 67.2 cm³/mol. The monoisotopic (exact) mass is 343 g/mol. The van der Waals surface area contributed by atoms with Crippen molar-refractivity contribution >= 4 is 16.6 Å². The molecule has 97 valence electrons. The number of hydrogen-bond acceptors (Lipinski definition) is 1. The molecule has 0 aliphatic heterocycles. The minimum Gasteiger partial charge on any atom is -1.00 e. The van der Waals surface area contributed by atoms with Crippen molar-refractivity contribution in [2.75, 3.05) is 0 Å². The molecule has 0 fully saturated rings. The fourth-order valence-electron chi connectivity index (χ4n) is 1.90. The molecule has 0 N–H and O–H groups in total. The largest absolute Gasteiger partial charge is 3.00 e. The first-order chi connectivity index (χ1) is 6.29. The van der Waals surface area contributed by atoms with Crippen LogP contribution in [0, 0.1) is 6.08 Å². The normalized spacial score (nSPS) is 14.3. The van der Waals surface area contributed by atoms with E-state index >= 15 is 0 Å². The summed E-state index contributed by atoms with van der Waals surface area (Å²) in [5.41, 5.74) is 1.36. The van der Waals surface area contributed by atoms with Gasteiger partial charge in [-0.1, -0.05) is 0 Å². The minimum absolute atomic E-state index is 0. The Labute approximate surface area is 135 Å². The van der Waals surface area contributed by atoms with Crippen LogP contribution in [0.5, 0.6) is 0 Å². The maximum atomic E-state index is 6.27. The van der Waals surface area contributed by atoms with E-state index in [9.17, 15) is 0 Å². The van der Waals surface area contributed by atoms with Crippen LogP contribution in [-0.2, 0) is 25.8 Å². The van der Waals surface area contributed by atoms with E-state index < -0.39 is 16.6 Å². The molecule has 0 bridgehead atoms. The van der Waals surface area contributed by atoms with E-state index in [2.05, 4.69) is 51.0 Å². The van der Waals surface area contributed by atoms with Gasteiger partial charge in [-0.15, -0.1) is 6.42 Å². The van der Waals surface area contributed by atoms with E-state index in [4.69, 9.17) is 4.12 Å². The van der Waals surface area contributed by atoms with Gasteiger partial charge in [0.1, 0.15) is 0 Å². The Balaban J connectivity index is -0.000000653. The van der Waals surface area contributed by atoms with Crippen molar-refractivity contribution in [3.05, 3.63) is 23.8 Å². The third kappa shape index (κ3) is 10.8. The molecule has 17 heavy (non-hydrogen) atoms.